The highest BCUT2D eigenvalue weighted by atomic mass is 32.1. The van der Waals surface area contributed by atoms with Gasteiger partial charge in [0, 0.05) is 11.5 Å². The number of hydrogen-bond donors (Lipinski definition) is 1. The van der Waals surface area contributed by atoms with Crippen molar-refractivity contribution in [2.75, 3.05) is 12.4 Å². The molecular formula is C26H23F4NO3S. The van der Waals surface area contributed by atoms with Crippen LogP contribution in [0.15, 0.2) is 53.9 Å². The first kappa shape index (κ1) is 24.9. The van der Waals surface area contributed by atoms with Crippen LogP contribution in [0.5, 0.6) is 0 Å². The van der Waals surface area contributed by atoms with Crippen LogP contribution in [0.4, 0.5) is 23.2 Å². The number of halogens is 4. The Morgan fingerprint density at radius 3 is 2.46 bits per heavy atom. The Morgan fingerprint density at radius 1 is 1.06 bits per heavy atom. The summed E-state index contributed by atoms with van der Waals surface area (Å²) in [6, 6.07) is 11.8. The summed E-state index contributed by atoms with van der Waals surface area (Å²) in [6.45, 7) is 0. The lowest BCUT2D eigenvalue weighted by atomic mass is 9.77. The molecule has 1 aliphatic rings. The molecule has 9 heteroatoms. The Kier molecular flexibility index (Phi) is 7.25. The zero-order valence-corrected chi connectivity index (χ0v) is 19.6. The number of carbonyl (C=O) groups excluding carboxylic acids is 2. The highest BCUT2D eigenvalue weighted by Crippen LogP contribution is 2.38. The van der Waals surface area contributed by atoms with Gasteiger partial charge in [-0.2, -0.15) is 13.2 Å². The molecule has 1 N–H and O–H groups in total. The van der Waals surface area contributed by atoms with Gasteiger partial charge in [-0.3, -0.25) is 4.79 Å². The molecule has 2 unspecified atom stereocenters. The molecule has 4 nitrogen and oxygen atoms in total. The second-order valence-electron chi connectivity index (χ2n) is 8.52. The first-order valence-electron chi connectivity index (χ1n) is 11.1. The average molecular weight is 506 g/mol. The topological polar surface area (TPSA) is 55.4 Å². The van der Waals surface area contributed by atoms with Crippen LogP contribution in [-0.2, 0) is 15.7 Å². The van der Waals surface area contributed by atoms with Gasteiger partial charge in [-0.1, -0.05) is 30.7 Å². The highest BCUT2D eigenvalue weighted by Gasteiger charge is 2.32. The molecule has 2 atom stereocenters. The Morgan fingerprint density at radius 2 is 1.80 bits per heavy atom. The van der Waals surface area contributed by atoms with E-state index >= 15 is 0 Å². The Bertz CT molecular complexity index is 1220. The summed E-state index contributed by atoms with van der Waals surface area (Å²) in [5.74, 6) is -2.15. The minimum Gasteiger partial charge on any atom is -0.465 e. The number of rotatable bonds is 5. The van der Waals surface area contributed by atoms with Gasteiger partial charge in [0.25, 0.3) is 0 Å². The second kappa shape index (κ2) is 10.2. The quantitative estimate of drug-likeness (QED) is 0.293. The molecule has 1 saturated carbocycles. The smallest absolute Gasteiger partial charge is 0.416 e. The molecule has 35 heavy (non-hydrogen) atoms. The molecule has 3 aromatic rings. The lowest BCUT2D eigenvalue weighted by molar-refractivity contribution is -0.137. The van der Waals surface area contributed by atoms with Gasteiger partial charge in [0.05, 0.1) is 18.4 Å². The molecule has 0 bridgehead atoms. The van der Waals surface area contributed by atoms with Gasteiger partial charge >= 0.3 is 12.1 Å². The molecule has 1 amide bonds. The van der Waals surface area contributed by atoms with Crippen molar-refractivity contribution in [2.24, 2.45) is 5.92 Å². The minimum atomic E-state index is -4.65. The van der Waals surface area contributed by atoms with Crippen LogP contribution in [0.3, 0.4) is 0 Å². The Labute approximate surface area is 203 Å². The Hall–Kier alpha value is -3.20. The summed E-state index contributed by atoms with van der Waals surface area (Å²) in [6.07, 6.45) is -1.78. The van der Waals surface area contributed by atoms with Crippen molar-refractivity contribution in [3.05, 3.63) is 75.7 Å². The monoisotopic (exact) mass is 505 g/mol. The van der Waals surface area contributed by atoms with Crippen molar-refractivity contribution < 1.29 is 31.9 Å². The number of ether oxygens (including phenoxy) is 1. The maximum absolute atomic E-state index is 14.2. The molecule has 184 valence electrons. The number of thiophene rings is 1. The van der Waals surface area contributed by atoms with Gasteiger partial charge in [0.2, 0.25) is 5.91 Å². The zero-order valence-electron chi connectivity index (χ0n) is 18.8. The molecular weight excluding hydrogens is 482 g/mol. The SMILES string of the molecule is COC(=O)c1sccc1-c1ccc(C2CCCC(C(=O)Nc3ccc(C(F)(F)F)cc3F)C2)cc1. The first-order valence-corrected chi connectivity index (χ1v) is 12.0. The number of methoxy groups -OCH3 is 1. The average Bonchev–Trinajstić information content (AvgIpc) is 3.34. The van der Waals surface area contributed by atoms with Crippen LogP contribution in [-0.4, -0.2) is 19.0 Å². The summed E-state index contributed by atoms with van der Waals surface area (Å²) in [5.41, 5.74) is 1.38. The molecule has 0 spiro atoms. The Balaban J connectivity index is 1.43. The van der Waals surface area contributed by atoms with E-state index in [-0.39, 0.29) is 23.5 Å². The highest BCUT2D eigenvalue weighted by molar-refractivity contribution is 7.12. The van der Waals surface area contributed by atoms with E-state index in [1.807, 2.05) is 35.7 Å². The van der Waals surface area contributed by atoms with E-state index in [2.05, 4.69) is 5.32 Å². The molecule has 1 fully saturated rings. The molecule has 0 radical (unpaired) electrons. The van der Waals surface area contributed by atoms with E-state index in [0.717, 1.165) is 41.7 Å². The fourth-order valence-electron chi connectivity index (χ4n) is 4.48. The van der Waals surface area contributed by atoms with Gasteiger partial charge in [0.15, 0.2) is 0 Å². The van der Waals surface area contributed by atoms with E-state index in [9.17, 15) is 27.2 Å². The van der Waals surface area contributed by atoms with Crippen LogP contribution in [0.1, 0.15) is 52.4 Å². The van der Waals surface area contributed by atoms with Crippen molar-refractivity contribution in [1.82, 2.24) is 0 Å². The lowest BCUT2D eigenvalue weighted by Gasteiger charge is -2.29. The molecule has 0 aliphatic heterocycles. The van der Waals surface area contributed by atoms with Gasteiger partial charge in [0.1, 0.15) is 10.7 Å². The number of carbonyl (C=O) groups is 2. The number of esters is 1. The van der Waals surface area contributed by atoms with Crippen molar-refractivity contribution in [1.29, 1.82) is 0 Å². The van der Waals surface area contributed by atoms with Crippen molar-refractivity contribution >= 4 is 28.9 Å². The normalized spacial score (nSPS) is 18.2. The lowest BCUT2D eigenvalue weighted by Crippen LogP contribution is -2.28. The fraction of sp³-hybridized carbons (Fsp3) is 0.308. The third kappa shape index (κ3) is 5.56. The molecule has 2 aromatic carbocycles. The van der Waals surface area contributed by atoms with Gasteiger partial charge in [-0.05, 0) is 66.0 Å². The van der Waals surface area contributed by atoms with Crippen LogP contribution in [0, 0.1) is 11.7 Å². The zero-order chi connectivity index (χ0) is 25.2. The number of hydrogen-bond acceptors (Lipinski definition) is 4. The van der Waals surface area contributed by atoms with E-state index in [4.69, 9.17) is 4.74 Å². The van der Waals surface area contributed by atoms with Crippen molar-refractivity contribution in [3.8, 4) is 11.1 Å². The van der Waals surface area contributed by atoms with Gasteiger partial charge in [-0.15, -0.1) is 11.3 Å². The van der Waals surface area contributed by atoms with Crippen LogP contribution >= 0.6 is 11.3 Å². The predicted molar refractivity (Wildman–Crippen MR) is 126 cm³/mol. The van der Waals surface area contributed by atoms with Crippen molar-refractivity contribution in [3.63, 3.8) is 0 Å². The minimum absolute atomic E-state index is 0.119. The standard InChI is InChI=1S/C26H23F4NO3S/c1-34-25(33)23-20(11-12-35-23)16-7-5-15(6-8-16)17-3-2-4-18(13-17)24(32)31-22-10-9-19(14-21(22)27)26(28,29)30/h5-12,14,17-18H,2-4,13H2,1H3,(H,31,32). The summed E-state index contributed by atoms with van der Waals surface area (Å²) in [5, 5.41) is 4.29. The number of benzene rings is 2. The number of nitrogens with one attached hydrogen (secondary N) is 1. The van der Waals surface area contributed by atoms with Crippen LogP contribution in [0.25, 0.3) is 11.1 Å². The van der Waals surface area contributed by atoms with Crippen LogP contribution < -0.4 is 5.32 Å². The second-order valence-corrected chi connectivity index (χ2v) is 9.44. The van der Waals surface area contributed by atoms with Crippen LogP contribution in [0.2, 0.25) is 0 Å². The maximum Gasteiger partial charge on any atom is 0.416 e. The molecule has 1 heterocycles. The summed E-state index contributed by atoms with van der Waals surface area (Å²) in [7, 11) is 1.34. The third-order valence-corrected chi connectivity index (χ3v) is 7.22. The number of amides is 1. The summed E-state index contributed by atoms with van der Waals surface area (Å²) in [4.78, 5) is 25.3. The third-order valence-electron chi connectivity index (χ3n) is 6.33. The first-order chi connectivity index (χ1) is 16.7. The summed E-state index contributed by atoms with van der Waals surface area (Å²) < 4.78 is 57.3. The van der Waals surface area contributed by atoms with Gasteiger partial charge < -0.3 is 10.1 Å². The van der Waals surface area contributed by atoms with Crippen molar-refractivity contribution in [2.45, 2.75) is 37.8 Å². The fourth-order valence-corrected chi connectivity index (χ4v) is 5.31. The van der Waals surface area contributed by atoms with E-state index < -0.39 is 23.5 Å². The van der Waals surface area contributed by atoms with E-state index in [1.165, 1.54) is 18.4 Å². The molecule has 1 aromatic heterocycles. The number of alkyl halides is 3. The maximum atomic E-state index is 14.2. The number of anilines is 1. The molecule has 0 saturated heterocycles. The van der Waals surface area contributed by atoms with E-state index in [1.54, 1.807) is 0 Å². The molecule has 4 rings (SSSR count). The molecule has 1 aliphatic carbocycles. The largest absolute Gasteiger partial charge is 0.465 e. The van der Waals surface area contributed by atoms with Gasteiger partial charge in [-0.25, -0.2) is 9.18 Å². The predicted octanol–water partition coefficient (Wildman–Crippen LogP) is 7.27. The van der Waals surface area contributed by atoms with E-state index in [0.29, 0.717) is 23.8 Å². The summed E-state index contributed by atoms with van der Waals surface area (Å²) >= 11 is 1.31.